The molecule has 0 aliphatic carbocycles. The molecule has 2 aromatic rings. The van der Waals surface area contributed by atoms with Crippen molar-refractivity contribution in [3.05, 3.63) is 51.7 Å². The number of alkyl halides is 3. The minimum absolute atomic E-state index is 0.220. The van der Waals surface area contributed by atoms with Crippen LogP contribution in [0.2, 0.25) is 0 Å². The van der Waals surface area contributed by atoms with E-state index >= 15 is 0 Å². The smallest absolute Gasteiger partial charge is 0.406 e. The molecule has 6 heteroatoms. The number of ether oxygens (including phenoxy) is 1. The minimum Gasteiger partial charge on any atom is -0.406 e. The molecule has 0 atom stereocenters. The zero-order valence-electron chi connectivity index (χ0n) is 9.82. The van der Waals surface area contributed by atoms with E-state index in [2.05, 4.69) is 4.74 Å². The van der Waals surface area contributed by atoms with Crippen LogP contribution in [0.25, 0.3) is 0 Å². The average Bonchev–Trinajstić information content (AvgIpc) is 2.74. The van der Waals surface area contributed by atoms with Crippen LogP contribution in [0.5, 0.6) is 5.75 Å². The standard InChI is InChI=1S/C13H9F3O2S/c1-8-6-10(7-19-8)12(17)9-2-4-11(5-3-9)18-13(14,15)16/h2-7H,1H3. The lowest BCUT2D eigenvalue weighted by Crippen LogP contribution is -2.17. The molecule has 2 nitrogen and oxygen atoms in total. The summed E-state index contributed by atoms with van der Waals surface area (Å²) in [4.78, 5) is 13.0. The van der Waals surface area contributed by atoms with E-state index in [1.54, 1.807) is 11.4 Å². The summed E-state index contributed by atoms with van der Waals surface area (Å²) >= 11 is 1.44. The molecule has 0 saturated carbocycles. The number of carbonyl (C=O) groups excluding carboxylic acids is 1. The molecule has 0 radical (unpaired) electrons. The van der Waals surface area contributed by atoms with Crippen molar-refractivity contribution in [2.75, 3.05) is 0 Å². The average molecular weight is 286 g/mol. The van der Waals surface area contributed by atoms with Crippen LogP contribution in [0, 0.1) is 6.92 Å². The summed E-state index contributed by atoms with van der Waals surface area (Å²) in [5, 5.41) is 1.72. The van der Waals surface area contributed by atoms with Gasteiger partial charge in [0.15, 0.2) is 5.78 Å². The molecule has 100 valence electrons. The zero-order chi connectivity index (χ0) is 14.0. The van der Waals surface area contributed by atoms with Crippen LogP contribution in [-0.4, -0.2) is 12.1 Å². The molecule has 0 bridgehead atoms. The summed E-state index contributed by atoms with van der Waals surface area (Å²) < 4.78 is 39.7. The highest BCUT2D eigenvalue weighted by molar-refractivity contribution is 7.10. The number of carbonyl (C=O) groups is 1. The van der Waals surface area contributed by atoms with Crippen LogP contribution >= 0.6 is 11.3 Å². The van der Waals surface area contributed by atoms with Crippen molar-refractivity contribution in [2.24, 2.45) is 0 Å². The van der Waals surface area contributed by atoms with E-state index in [1.807, 2.05) is 6.92 Å². The van der Waals surface area contributed by atoms with Crippen molar-refractivity contribution < 1.29 is 22.7 Å². The van der Waals surface area contributed by atoms with Gasteiger partial charge in [0, 0.05) is 21.4 Å². The second kappa shape index (κ2) is 5.05. The third kappa shape index (κ3) is 3.57. The van der Waals surface area contributed by atoms with Crippen molar-refractivity contribution in [2.45, 2.75) is 13.3 Å². The molecule has 0 N–H and O–H groups in total. The monoisotopic (exact) mass is 286 g/mol. The molecule has 1 aromatic carbocycles. The van der Waals surface area contributed by atoms with Gasteiger partial charge in [0.05, 0.1) is 0 Å². The Morgan fingerprint density at radius 3 is 2.26 bits per heavy atom. The van der Waals surface area contributed by atoms with Crippen LogP contribution < -0.4 is 4.74 Å². The maximum atomic E-state index is 12.0. The summed E-state index contributed by atoms with van der Waals surface area (Å²) in [6, 6.07) is 6.62. The Labute approximate surface area is 111 Å². The van der Waals surface area contributed by atoms with E-state index in [0.717, 1.165) is 17.0 Å². The van der Waals surface area contributed by atoms with Gasteiger partial charge in [0.1, 0.15) is 5.75 Å². The van der Waals surface area contributed by atoms with Gasteiger partial charge in [-0.2, -0.15) is 0 Å². The number of rotatable bonds is 3. The van der Waals surface area contributed by atoms with E-state index in [4.69, 9.17) is 0 Å². The molecule has 0 unspecified atom stereocenters. The van der Waals surface area contributed by atoms with Gasteiger partial charge in [0.2, 0.25) is 0 Å². The number of hydrogen-bond donors (Lipinski definition) is 0. The largest absolute Gasteiger partial charge is 0.573 e. The van der Waals surface area contributed by atoms with Crippen LogP contribution in [0.3, 0.4) is 0 Å². The first-order chi connectivity index (χ1) is 8.85. The van der Waals surface area contributed by atoms with Crippen LogP contribution in [0.1, 0.15) is 20.8 Å². The Morgan fingerprint density at radius 1 is 1.16 bits per heavy atom. The first kappa shape index (κ1) is 13.6. The van der Waals surface area contributed by atoms with Gasteiger partial charge >= 0.3 is 6.36 Å². The molecule has 0 saturated heterocycles. The first-order valence-electron chi connectivity index (χ1n) is 5.31. The molecule has 0 aliphatic heterocycles. The Hall–Kier alpha value is -1.82. The zero-order valence-corrected chi connectivity index (χ0v) is 10.6. The van der Waals surface area contributed by atoms with E-state index in [1.165, 1.54) is 23.5 Å². The summed E-state index contributed by atoms with van der Waals surface area (Å²) in [5.74, 6) is -0.562. The van der Waals surface area contributed by atoms with Gasteiger partial charge in [-0.05, 0) is 37.3 Å². The van der Waals surface area contributed by atoms with Crippen molar-refractivity contribution in [1.29, 1.82) is 0 Å². The molecule has 0 fully saturated rings. The lowest BCUT2D eigenvalue weighted by atomic mass is 10.1. The Morgan fingerprint density at radius 2 is 1.79 bits per heavy atom. The van der Waals surface area contributed by atoms with Crippen LogP contribution in [-0.2, 0) is 0 Å². The number of hydrogen-bond acceptors (Lipinski definition) is 3. The van der Waals surface area contributed by atoms with Crippen molar-refractivity contribution >= 4 is 17.1 Å². The lowest BCUT2D eigenvalue weighted by Gasteiger charge is -2.08. The molecule has 1 aromatic heterocycles. The second-order valence-electron chi connectivity index (χ2n) is 3.85. The topological polar surface area (TPSA) is 26.3 Å². The van der Waals surface area contributed by atoms with E-state index in [9.17, 15) is 18.0 Å². The number of benzene rings is 1. The summed E-state index contributed by atoms with van der Waals surface area (Å²) in [7, 11) is 0. The third-order valence-corrected chi connectivity index (χ3v) is 3.20. The maximum absolute atomic E-state index is 12.0. The number of thiophene rings is 1. The normalized spacial score (nSPS) is 11.4. The molecule has 0 spiro atoms. The molecular formula is C13H9F3O2S. The highest BCUT2D eigenvalue weighted by Gasteiger charge is 2.31. The maximum Gasteiger partial charge on any atom is 0.573 e. The number of aryl methyl sites for hydroxylation is 1. The van der Waals surface area contributed by atoms with Crippen molar-refractivity contribution in [3.8, 4) is 5.75 Å². The predicted molar refractivity (Wildman–Crippen MR) is 65.6 cm³/mol. The fourth-order valence-electron chi connectivity index (χ4n) is 1.54. The van der Waals surface area contributed by atoms with Crippen molar-refractivity contribution in [3.63, 3.8) is 0 Å². The SMILES string of the molecule is Cc1cc(C(=O)c2ccc(OC(F)(F)F)cc2)cs1. The van der Waals surface area contributed by atoms with Crippen LogP contribution in [0.4, 0.5) is 13.2 Å². The molecular weight excluding hydrogens is 277 g/mol. The number of ketones is 1. The molecule has 2 rings (SSSR count). The molecule has 0 amide bonds. The Balaban J connectivity index is 2.16. The second-order valence-corrected chi connectivity index (χ2v) is 4.96. The quantitative estimate of drug-likeness (QED) is 0.791. The fraction of sp³-hybridized carbons (Fsp3) is 0.154. The van der Waals surface area contributed by atoms with Crippen molar-refractivity contribution in [1.82, 2.24) is 0 Å². The van der Waals surface area contributed by atoms with Gasteiger partial charge in [-0.1, -0.05) is 0 Å². The van der Waals surface area contributed by atoms with Gasteiger partial charge in [0.25, 0.3) is 0 Å². The summed E-state index contributed by atoms with van der Waals surface area (Å²) in [6.07, 6.45) is -4.73. The predicted octanol–water partition coefficient (Wildman–Crippen LogP) is 4.19. The lowest BCUT2D eigenvalue weighted by molar-refractivity contribution is -0.274. The van der Waals surface area contributed by atoms with Crippen LogP contribution in [0.15, 0.2) is 35.7 Å². The Bertz CT molecular complexity index is 585. The highest BCUT2D eigenvalue weighted by Crippen LogP contribution is 2.24. The minimum atomic E-state index is -4.73. The first-order valence-corrected chi connectivity index (χ1v) is 6.19. The van der Waals surface area contributed by atoms with Gasteiger partial charge in [-0.3, -0.25) is 4.79 Å². The Kier molecular flexibility index (Phi) is 3.61. The molecule has 0 aliphatic rings. The van der Waals surface area contributed by atoms with Gasteiger partial charge in [-0.25, -0.2) is 0 Å². The van der Waals surface area contributed by atoms with E-state index in [0.29, 0.717) is 11.1 Å². The highest BCUT2D eigenvalue weighted by atomic mass is 32.1. The number of halogens is 3. The van der Waals surface area contributed by atoms with E-state index < -0.39 is 6.36 Å². The molecule has 1 heterocycles. The summed E-state index contributed by atoms with van der Waals surface area (Å²) in [6.45, 7) is 1.88. The van der Waals surface area contributed by atoms with Gasteiger partial charge in [-0.15, -0.1) is 24.5 Å². The third-order valence-electron chi connectivity index (χ3n) is 2.34. The van der Waals surface area contributed by atoms with E-state index in [-0.39, 0.29) is 11.5 Å². The van der Waals surface area contributed by atoms with Gasteiger partial charge < -0.3 is 4.74 Å². The fourth-order valence-corrected chi connectivity index (χ4v) is 2.22. The summed E-state index contributed by atoms with van der Waals surface area (Å²) in [5.41, 5.74) is 0.860. The molecule has 19 heavy (non-hydrogen) atoms.